The van der Waals surface area contributed by atoms with Crippen LogP contribution in [-0.4, -0.2) is 41.7 Å². The van der Waals surface area contributed by atoms with E-state index in [4.69, 9.17) is 5.73 Å². The summed E-state index contributed by atoms with van der Waals surface area (Å²) in [6.45, 7) is 3.71. The number of carbonyl (C=O) groups is 1. The van der Waals surface area contributed by atoms with E-state index in [0.717, 1.165) is 0 Å². The van der Waals surface area contributed by atoms with Crippen LogP contribution in [0.2, 0.25) is 0 Å². The summed E-state index contributed by atoms with van der Waals surface area (Å²) in [6.07, 6.45) is 0.863. The lowest BCUT2D eigenvalue weighted by molar-refractivity contribution is -0.134. The van der Waals surface area contributed by atoms with E-state index < -0.39 is 0 Å². The number of hydrogen-bond acceptors (Lipinski definition) is 3. The van der Waals surface area contributed by atoms with Crippen LogP contribution in [0, 0.1) is 5.92 Å². The molecule has 1 amide bonds. The molecule has 1 saturated heterocycles. The zero-order chi connectivity index (χ0) is 9.84. The topological polar surface area (TPSA) is 66.6 Å². The fraction of sp³-hybridized carbons (Fsp3) is 0.889. The molecule has 1 fully saturated rings. The summed E-state index contributed by atoms with van der Waals surface area (Å²) in [5.41, 5.74) is 5.30. The maximum atomic E-state index is 11.4. The van der Waals surface area contributed by atoms with E-state index in [2.05, 4.69) is 0 Å². The monoisotopic (exact) mass is 186 g/mol. The van der Waals surface area contributed by atoms with Crippen molar-refractivity contribution in [1.29, 1.82) is 0 Å². The highest BCUT2D eigenvalue weighted by molar-refractivity contribution is 5.76. The average molecular weight is 186 g/mol. The number of rotatable bonds is 2. The molecule has 13 heavy (non-hydrogen) atoms. The van der Waals surface area contributed by atoms with Crippen molar-refractivity contribution in [2.24, 2.45) is 11.7 Å². The summed E-state index contributed by atoms with van der Waals surface area (Å²) in [6, 6.07) is 0. The van der Waals surface area contributed by atoms with Crippen LogP contribution >= 0.6 is 0 Å². The molecule has 0 aromatic carbocycles. The number of piperidine rings is 1. The lowest BCUT2D eigenvalue weighted by atomic mass is 9.96. The Morgan fingerprint density at radius 1 is 1.69 bits per heavy atom. The van der Waals surface area contributed by atoms with Crippen LogP contribution in [0.5, 0.6) is 0 Å². The summed E-state index contributed by atoms with van der Waals surface area (Å²) in [4.78, 5) is 13.2. The standard InChI is InChI=1S/C9H18N2O2/c1-7-6-11(5-3-8(7)12)9(13)2-4-10/h7-8,12H,2-6,10H2,1H3/t7-,8-/m1/s1. The number of likely N-dealkylation sites (tertiary alicyclic amines) is 1. The molecule has 1 heterocycles. The van der Waals surface area contributed by atoms with E-state index in [1.54, 1.807) is 4.90 Å². The van der Waals surface area contributed by atoms with Crippen LogP contribution in [0.1, 0.15) is 19.8 Å². The molecule has 1 aliphatic heterocycles. The summed E-state index contributed by atoms with van der Waals surface area (Å²) in [7, 11) is 0. The number of aliphatic hydroxyl groups is 1. The Hall–Kier alpha value is -0.610. The predicted molar refractivity (Wildman–Crippen MR) is 50.0 cm³/mol. The molecule has 0 unspecified atom stereocenters. The highest BCUT2D eigenvalue weighted by Gasteiger charge is 2.26. The Morgan fingerprint density at radius 3 is 2.92 bits per heavy atom. The van der Waals surface area contributed by atoms with Gasteiger partial charge in [-0.05, 0) is 12.3 Å². The highest BCUT2D eigenvalue weighted by atomic mass is 16.3. The average Bonchev–Trinajstić information content (AvgIpc) is 2.10. The smallest absolute Gasteiger partial charge is 0.223 e. The van der Waals surface area contributed by atoms with Crippen LogP contribution in [-0.2, 0) is 4.79 Å². The molecular formula is C9H18N2O2. The van der Waals surface area contributed by atoms with Gasteiger partial charge >= 0.3 is 0 Å². The molecule has 0 saturated carbocycles. The van der Waals surface area contributed by atoms with Gasteiger partial charge in [-0.25, -0.2) is 0 Å². The Labute approximate surface area is 78.7 Å². The maximum absolute atomic E-state index is 11.4. The number of nitrogens with zero attached hydrogens (tertiary/aromatic N) is 1. The fourth-order valence-corrected chi connectivity index (χ4v) is 1.64. The normalized spacial score (nSPS) is 29.0. The van der Waals surface area contributed by atoms with Gasteiger partial charge in [0.1, 0.15) is 0 Å². The minimum Gasteiger partial charge on any atom is -0.393 e. The molecule has 0 spiro atoms. The first-order valence-electron chi connectivity index (χ1n) is 4.81. The van der Waals surface area contributed by atoms with Crippen LogP contribution in [0.25, 0.3) is 0 Å². The van der Waals surface area contributed by atoms with Gasteiger partial charge in [-0.15, -0.1) is 0 Å². The van der Waals surface area contributed by atoms with E-state index in [-0.39, 0.29) is 17.9 Å². The zero-order valence-electron chi connectivity index (χ0n) is 8.07. The fourth-order valence-electron chi connectivity index (χ4n) is 1.64. The van der Waals surface area contributed by atoms with Crippen molar-refractivity contribution in [2.75, 3.05) is 19.6 Å². The molecular weight excluding hydrogens is 168 g/mol. The lowest BCUT2D eigenvalue weighted by Gasteiger charge is -2.34. The van der Waals surface area contributed by atoms with Gasteiger partial charge in [0, 0.05) is 26.1 Å². The van der Waals surface area contributed by atoms with Crippen molar-refractivity contribution in [2.45, 2.75) is 25.9 Å². The molecule has 0 bridgehead atoms. The molecule has 0 aromatic heterocycles. The molecule has 0 radical (unpaired) electrons. The molecule has 2 atom stereocenters. The summed E-state index contributed by atoms with van der Waals surface area (Å²) in [5, 5.41) is 9.44. The van der Waals surface area contributed by atoms with Crippen molar-refractivity contribution in [3.8, 4) is 0 Å². The van der Waals surface area contributed by atoms with Gasteiger partial charge in [0.25, 0.3) is 0 Å². The van der Waals surface area contributed by atoms with E-state index >= 15 is 0 Å². The van der Waals surface area contributed by atoms with Gasteiger partial charge in [0.15, 0.2) is 0 Å². The quantitative estimate of drug-likeness (QED) is 0.614. The van der Waals surface area contributed by atoms with Crippen molar-refractivity contribution in [3.63, 3.8) is 0 Å². The summed E-state index contributed by atoms with van der Waals surface area (Å²) < 4.78 is 0. The van der Waals surface area contributed by atoms with E-state index in [1.807, 2.05) is 6.92 Å². The number of amides is 1. The van der Waals surface area contributed by atoms with Crippen molar-refractivity contribution < 1.29 is 9.90 Å². The Bertz CT molecular complexity index is 184. The SMILES string of the molecule is C[C@@H]1CN(C(=O)CCN)CC[C@H]1O. The van der Waals surface area contributed by atoms with Crippen molar-refractivity contribution in [1.82, 2.24) is 4.90 Å². The third kappa shape index (κ3) is 2.67. The van der Waals surface area contributed by atoms with E-state index in [9.17, 15) is 9.90 Å². The molecule has 0 aliphatic carbocycles. The Kier molecular flexibility index (Phi) is 3.69. The van der Waals surface area contributed by atoms with Crippen LogP contribution in [0.15, 0.2) is 0 Å². The minimum atomic E-state index is -0.248. The van der Waals surface area contributed by atoms with Crippen LogP contribution in [0.3, 0.4) is 0 Å². The third-order valence-electron chi connectivity index (χ3n) is 2.57. The summed E-state index contributed by atoms with van der Waals surface area (Å²) in [5.74, 6) is 0.303. The number of aliphatic hydroxyl groups excluding tert-OH is 1. The first kappa shape index (κ1) is 10.5. The van der Waals surface area contributed by atoms with Gasteiger partial charge < -0.3 is 15.7 Å². The zero-order valence-corrected chi connectivity index (χ0v) is 8.07. The van der Waals surface area contributed by atoms with Gasteiger partial charge in [-0.2, -0.15) is 0 Å². The second kappa shape index (κ2) is 4.58. The molecule has 76 valence electrons. The first-order valence-corrected chi connectivity index (χ1v) is 4.81. The molecule has 1 aliphatic rings. The first-order chi connectivity index (χ1) is 6.15. The highest BCUT2D eigenvalue weighted by Crippen LogP contribution is 2.16. The van der Waals surface area contributed by atoms with Gasteiger partial charge in [-0.3, -0.25) is 4.79 Å². The summed E-state index contributed by atoms with van der Waals surface area (Å²) >= 11 is 0. The van der Waals surface area contributed by atoms with Gasteiger partial charge in [0.2, 0.25) is 5.91 Å². The van der Waals surface area contributed by atoms with E-state index in [0.29, 0.717) is 32.5 Å². The van der Waals surface area contributed by atoms with Gasteiger partial charge in [0.05, 0.1) is 6.10 Å². The Morgan fingerprint density at radius 2 is 2.38 bits per heavy atom. The van der Waals surface area contributed by atoms with Crippen LogP contribution in [0.4, 0.5) is 0 Å². The predicted octanol–water partition coefficient (Wildman–Crippen LogP) is -0.435. The van der Waals surface area contributed by atoms with Crippen LogP contribution < -0.4 is 5.73 Å². The largest absolute Gasteiger partial charge is 0.393 e. The third-order valence-corrected chi connectivity index (χ3v) is 2.57. The van der Waals surface area contributed by atoms with Crippen molar-refractivity contribution in [3.05, 3.63) is 0 Å². The van der Waals surface area contributed by atoms with E-state index in [1.165, 1.54) is 0 Å². The number of hydrogen-bond donors (Lipinski definition) is 2. The molecule has 0 aromatic rings. The van der Waals surface area contributed by atoms with Gasteiger partial charge in [-0.1, -0.05) is 6.92 Å². The second-order valence-electron chi connectivity index (χ2n) is 3.71. The molecule has 1 rings (SSSR count). The maximum Gasteiger partial charge on any atom is 0.223 e. The molecule has 4 heteroatoms. The minimum absolute atomic E-state index is 0.112. The number of nitrogens with two attached hydrogens (primary N) is 1. The molecule has 3 N–H and O–H groups in total. The lowest BCUT2D eigenvalue weighted by Crippen LogP contribution is -2.45. The molecule has 4 nitrogen and oxygen atoms in total. The Balaban J connectivity index is 2.40. The number of carbonyl (C=O) groups excluding carboxylic acids is 1. The second-order valence-corrected chi connectivity index (χ2v) is 3.71. The van der Waals surface area contributed by atoms with Crippen molar-refractivity contribution >= 4 is 5.91 Å².